The fourth-order valence-electron chi connectivity index (χ4n) is 7.92. The lowest BCUT2D eigenvalue weighted by atomic mass is 9.64. The summed E-state index contributed by atoms with van der Waals surface area (Å²) in [5, 5.41) is 15.6. The number of thiazole rings is 1. The zero-order chi connectivity index (χ0) is 30.8. The van der Waals surface area contributed by atoms with E-state index in [4.69, 9.17) is 9.73 Å². The number of halogens is 1. The van der Waals surface area contributed by atoms with Crippen molar-refractivity contribution in [3.63, 3.8) is 0 Å². The number of nitrogens with one attached hydrogen (secondary N) is 1. The highest BCUT2D eigenvalue weighted by atomic mass is 32.1. The monoisotopic (exact) mass is 622 g/mol. The third-order valence-electron chi connectivity index (χ3n) is 10.1. The molecule has 8 rings (SSSR count). The van der Waals surface area contributed by atoms with Crippen molar-refractivity contribution in [2.45, 2.75) is 57.2 Å². The number of ether oxygens (including phenoxy) is 1. The number of carbonyl (C=O) groups is 3. The van der Waals surface area contributed by atoms with Gasteiger partial charge in [0.25, 0.3) is 0 Å². The molecule has 3 aliphatic heterocycles. The minimum absolute atomic E-state index is 0.00223. The molecule has 1 aromatic carbocycles. The number of fused-ring (bicyclic) bond motifs is 2. The average Bonchev–Trinajstić information content (AvgIpc) is 3.78. The number of hydrogen-bond acceptors (Lipinski definition) is 9. The molecule has 0 spiro atoms. The van der Waals surface area contributed by atoms with Crippen molar-refractivity contribution in [2.75, 3.05) is 39.3 Å². The molecule has 2 saturated heterocycles. The van der Waals surface area contributed by atoms with Gasteiger partial charge in [0.1, 0.15) is 11.9 Å². The van der Waals surface area contributed by atoms with Crippen LogP contribution in [-0.2, 0) is 14.3 Å². The molecule has 3 saturated carbocycles. The summed E-state index contributed by atoms with van der Waals surface area (Å²) < 4.78 is 20.3. The lowest BCUT2D eigenvalue weighted by Gasteiger charge is -2.49. The topological polar surface area (TPSA) is 128 Å². The van der Waals surface area contributed by atoms with Gasteiger partial charge in [-0.1, -0.05) is 12.1 Å². The van der Waals surface area contributed by atoms with Crippen molar-refractivity contribution >= 4 is 35.1 Å². The minimum atomic E-state index is -0.792. The van der Waals surface area contributed by atoms with Gasteiger partial charge in [-0.25, -0.2) is 19.0 Å². The Labute approximate surface area is 258 Å². The Kier molecular flexibility index (Phi) is 7.00. The number of carbonyl (C=O) groups excluding carboxylic acids is 2. The van der Waals surface area contributed by atoms with Gasteiger partial charge >= 0.3 is 18.0 Å². The highest BCUT2D eigenvalue weighted by Crippen LogP contribution is 2.64. The molecule has 232 valence electrons. The van der Waals surface area contributed by atoms with E-state index in [0.717, 1.165) is 6.42 Å². The summed E-state index contributed by atoms with van der Waals surface area (Å²) in [6.45, 7) is 6.25. The zero-order valence-electron chi connectivity index (χ0n) is 24.7. The number of esters is 1. The fourth-order valence-corrected chi connectivity index (χ4v) is 8.50. The second-order valence-electron chi connectivity index (χ2n) is 12.5. The fraction of sp³-hybridized carbons (Fsp3) is 0.516. The summed E-state index contributed by atoms with van der Waals surface area (Å²) in [7, 11) is 0. The van der Waals surface area contributed by atoms with Crippen molar-refractivity contribution < 1.29 is 28.6 Å². The second kappa shape index (κ2) is 10.7. The number of rotatable bonds is 8. The van der Waals surface area contributed by atoms with Crippen LogP contribution in [0.3, 0.4) is 0 Å². The predicted octanol–water partition coefficient (Wildman–Crippen LogP) is 3.32. The molecule has 1 aromatic heterocycles. The molecule has 5 fully saturated rings. The number of piperazine rings is 1. The van der Waals surface area contributed by atoms with E-state index < -0.39 is 23.4 Å². The van der Waals surface area contributed by atoms with Crippen molar-refractivity contribution in [1.29, 1.82) is 0 Å². The highest BCUT2D eigenvalue weighted by molar-refractivity contribution is 7.11. The van der Waals surface area contributed by atoms with Crippen LogP contribution in [0.15, 0.2) is 46.0 Å². The van der Waals surface area contributed by atoms with Gasteiger partial charge in [-0.15, -0.1) is 11.3 Å². The molecule has 11 nitrogen and oxygen atoms in total. The van der Waals surface area contributed by atoms with E-state index in [-0.39, 0.29) is 30.0 Å². The molecule has 2 atom stereocenters. The van der Waals surface area contributed by atoms with Gasteiger partial charge in [0.05, 0.1) is 23.6 Å². The van der Waals surface area contributed by atoms with Gasteiger partial charge in [0.15, 0.2) is 10.8 Å². The zero-order valence-corrected chi connectivity index (χ0v) is 25.5. The summed E-state index contributed by atoms with van der Waals surface area (Å²) in [4.78, 5) is 54.3. The predicted molar refractivity (Wildman–Crippen MR) is 160 cm³/mol. The second-order valence-corrected chi connectivity index (χ2v) is 13.4. The molecule has 2 N–H and O–H groups in total. The molecule has 6 aliphatic rings. The molecule has 2 bridgehead atoms. The third kappa shape index (κ3) is 4.50. The number of amides is 2. The van der Waals surface area contributed by atoms with Gasteiger partial charge in [0, 0.05) is 55.5 Å². The summed E-state index contributed by atoms with van der Waals surface area (Å²) in [5.41, 5.74) is 0.915. The van der Waals surface area contributed by atoms with Gasteiger partial charge < -0.3 is 25.0 Å². The quantitative estimate of drug-likeness (QED) is 0.430. The number of carboxylic acids is 1. The van der Waals surface area contributed by atoms with Gasteiger partial charge in [-0.3, -0.25) is 14.7 Å². The number of aliphatic imine (C=N–C) groups is 1. The average molecular weight is 623 g/mol. The molecule has 0 unspecified atom stereocenters. The first-order valence-electron chi connectivity index (χ1n) is 15.1. The number of aromatic nitrogens is 1. The van der Waals surface area contributed by atoms with E-state index in [1.54, 1.807) is 32.2 Å². The third-order valence-corrected chi connectivity index (χ3v) is 10.9. The van der Waals surface area contributed by atoms with Crippen molar-refractivity contribution in [2.24, 2.45) is 10.4 Å². The largest absolute Gasteiger partial charge is 0.481 e. The van der Waals surface area contributed by atoms with Gasteiger partial charge in [-0.2, -0.15) is 0 Å². The standard InChI is InChI=1S/C31H35FN6O5S/c1-3-43-27(39)23-22(34-25(26-33-9-12-44-26)35-24(23)20-5-4-6-21(32)18(20)2)15-36-10-11-37-19(13-36)14-38(29(37)42)31-8-7-30(16-31,17-31)28(40)41/h4-6,9,12,19,24H,3,7-8,10-11,13-17H2,1-2H3,(H,34,35)(H,40,41)/t19-,24-,30?,31?/m0/s1. The summed E-state index contributed by atoms with van der Waals surface area (Å²) in [6, 6.07) is 3.96. The number of amidine groups is 1. The summed E-state index contributed by atoms with van der Waals surface area (Å²) in [6.07, 6.45) is 4.10. The first-order chi connectivity index (χ1) is 21.1. The molecule has 3 aliphatic carbocycles. The molecule has 2 aromatic rings. The van der Waals surface area contributed by atoms with Crippen LogP contribution in [0.4, 0.5) is 9.18 Å². The van der Waals surface area contributed by atoms with E-state index in [9.17, 15) is 23.9 Å². The molecule has 44 heavy (non-hydrogen) atoms. The van der Waals surface area contributed by atoms with Crippen LogP contribution in [0, 0.1) is 18.2 Å². The Bertz CT molecular complexity index is 1590. The Hall–Kier alpha value is -3.84. The van der Waals surface area contributed by atoms with E-state index in [1.807, 2.05) is 15.2 Å². The van der Waals surface area contributed by atoms with Gasteiger partial charge in [-0.05, 0) is 56.7 Å². The van der Waals surface area contributed by atoms with Crippen LogP contribution in [0.2, 0.25) is 0 Å². The van der Waals surface area contributed by atoms with Crippen LogP contribution in [0.1, 0.15) is 54.8 Å². The molecular formula is C31H35FN6O5S. The maximum Gasteiger partial charge on any atom is 0.338 e. The number of benzene rings is 1. The number of hydrogen-bond donors (Lipinski definition) is 2. The van der Waals surface area contributed by atoms with E-state index in [0.29, 0.717) is 85.2 Å². The summed E-state index contributed by atoms with van der Waals surface area (Å²) in [5.74, 6) is -1.14. The van der Waals surface area contributed by atoms with E-state index in [1.165, 1.54) is 17.4 Å². The van der Waals surface area contributed by atoms with Crippen molar-refractivity contribution in [3.8, 4) is 0 Å². The molecule has 2 amide bonds. The summed E-state index contributed by atoms with van der Waals surface area (Å²) >= 11 is 1.41. The van der Waals surface area contributed by atoms with Crippen molar-refractivity contribution in [1.82, 2.24) is 25.0 Å². The SMILES string of the molecule is CCOC(=O)C1=C(CN2CCN3C(=O)N(C45CCC(C(=O)O)(C4)C5)C[C@@H]3C2)NC(c2nccs2)=N[C@H]1c1cccc(F)c1C. The maximum atomic E-state index is 14.8. The highest BCUT2D eigenvalue weighted by Gasteiger charge is 2.69. The van der Waals surface area contributed by atoms with Crippen LogP contribution in [-0.4, -0.2) is 99.5 Å². The van der Waals surface area contributed by atoms with E-state index in [2.05, 4.69) is 15.2 Å². The number of nitrogens with zero attached hydrogens (tertiary/aromatic N) is 5. The Morgan fingerprint density at radius 2 is 2.05 bits per heavy atom. The Morgan fingerprint density at radius 3 is 2.75 bits per heavy atom. The van der Waals surface area contributed by atoms with E-state index >= 15 is 0 Å². The van der Waals surface area contributed by atoms with Crippen LogP contribution < -0.4 is 5.32 Å². The number of urea groups is 1. The Balaban J connectivity index is 1.17. The number of aliphatic carboxylic acids is 1. The lowest BCUT2D eigenvalue weighted by molar-refractivity contribution is -0.157. The molecular weight excluding hydrogens is 587 g/mol. The Morgan fingerprint density at radius 1 is 1.23 bits per heavy atom. The van der Waals surface area contributed by atoms with Crippen LogP contribution in [0.25, 0.3) is 0 Å². The lowest BCUT2D eigenvalue weighted by Crippen LogP contribution is -2.59. The first kappa shape index (κ1) is 28.9. The first-order valence-corrected chi connectivity index (χ1v) is 16.0. The van der Waals surface area contributed by atoms with Crippen molar-refractivity contribution in [3.05, 3.63) is 63.0 Å². The molecule has 4 heterocycles. The molecule has 0 radical (unpaired) electrons. The number of carboxylic acid groups (broad SMARTS) is 1. The molecule has 13 heteroatoms. The maximum absolute atomic E-state index is 14.8. The normalized spacial score (nSPS) is 29.7. The van der Waals surface area contributed by atoms with Crippen LogP contribution in [0.5, 0.6) is 0 Å². The van der Waals surface area contributed by atoms with Gasteiger partial charge in [0.2, 0.25) is 0 Å². The smallest absolute Gasteiger partial charge is 0.338 e. The van der Waals surface area contributed by atoms with Crippen LogP contribution >= 0.6 is 11.3 Å². The minimum Gasteiger partial charge on any atom is -0.481 e.